The Kier molecular flexibility index (Phi) is 5.49. The van der Waals surface area contributed by atoms with Gasteiger partial charge in [-0.1, -0.05) is 25.1 Å². The van der Waals surface area contributed by atoms with Crippen LogP contribution in [0.4, 0.5) is 0 Å². The van der Waals surface area contributed by atoms with Crippen molar-refractivity contribution in [1.29, 1.82) is 0 Å². The second-order valence-corrected chi connectivity index (χ2v) is 5.65. The second-order valence-electron chi connectivity index (χ2n) is 4.55. The summed E-state index contributed by atoms with van der Waals surface area (Å²) in [6.07, 6.45) is 2.77. The third-order valence-corrected chi connectivity index (χ3v) is 4.16. The van der Waals surface area contributed by atoms with Crippen molar-refractivity contribution in [2.75, 3.05) is 12.9 Å². The van der Waals surface area contributed by atoms with Crippen molar-refractivity contribution >= 4 is 11.8 Å². The van der Waals surface area contributed by atoms with Crippen molar-refractivity contribution < 1.29 is 4.74 Å². The third kappa shape index (κ3) is 3.55. The number of aryl methyl sites for hydroxylation is 1. The highest BCUT2D eigenvalue weighted by Crippen LogP contribution is 2.28. The van der Waals surface area contributed by atoms with Crippen LogP contribution in [0.2, 0.25) is 0 Å². The van der Waals surface area contributed by atoms with E-state index in [-0.39, 0.29) is 6.04 Å². The molecule has 108 valence electrons. The van der Waals surface area contributed by atoms with Gasteiger partial charge >= 0.3 is 0 Å². The van der Waals surface area contributed by atoms with Gasteiger partial charge in [-0.3, -0.25) is 4.68 Å². The number of nitrogens with zero attached hydrogens (tertiary/aromatic N) is 2. The van der Waals surface area contributed by atoms with Crippen LogP contribution in [0.3, 0.4) is 0 Å². The van der Waals surface area contributed by atoms with E-state index in [4.69, 9.17) is 10.5 Å². The predicted molar refractivity (Wildman–Crippen MR) is 83.2 cm³/mol. The zero-order valence-electron chi connectivity index (χ0n) is 12.0. The van der Waals surface area contributed by atoms with Crippen LogP contribution in [0, 0.1) is 0 Å². The number of aromatic nitrogens is 2. The summed E-state index contributed by atoms with van der Waals surface area (Å²) in [7, 11) is 1.66. The van der Waals surface area contributed by atoms with Crippen LogP contribution in [0.15, 0.2) is 41.4 Å². The standard InChI is InChI=1S/C15H21N3OS/c1-3-9-18-15(14(19-2)10-17-18)13(16)11-20-12-7-5-4-6-8-12/h4-8,10,13H,3,9,11,16H2,1-2H3. The van der Waals surface area contributed by atoms with Crippen molar-refractivity contribution in [3.63, 3.8) is 0 Å². The number of thioether (sulfide) groups is 1. The lowest BCUT2D eigenvalue weighted by molar-refractivity contribution is 0.403. The Labute approximate surface area is 124 Å². The van der Waals surface area contributed by atoms with Crippen LogP contribution in [0.1, 0.15) is 25.1 Å². The lowest BCUT2D eigenvalue weighted by Gasteiger charge is -2.15. The monoisotopic (exact) mass is 291 g/mol. The number of benzene rings is 1. The molecule has 2 aromatic rings. The van der Waals surface area contributed by atoms with Crippen LogP contribution in [0.5, 0.6) is 5.75 Å². The van der Waals surface area contributed by atoms with E-state index >= 15 is 0 Å². The molecule has 0 spiro atoms. The zero-order valence-corrected chi connectivity index (χ0v) is 12.8. The SMILES string of the molecule is CCCn1ncc(OC)c1C(N)CSc1ccccc1. The molecule has 2 rings (SSSR count). The van der Waals surface area contributed by atoms with Gasteiger partial charge in [0.25, 0.3) is 0 Å². The van der Waals surface area contributed by atoms with E-state index in [1.165, 1.54) is 4.90 Å². The number of ether oxygens (including phenoxy) is 1. The van der Waals surface area contributed by atoms with E-state index in [1.54, 1.807) is 25.1 Å². The molecular formula is C15H21N3OS. The Morgan fingerprint density at radius 1 is 1.35 bits per heavy atom. The highest BCUT2D eigenvalue weighted by molar-refractivity contribution is 7.99. The van der Waals surface area contributed by atoms with Crippen molar-refractivity contribution in [1.82, 2.24) is 9.78 Å². The molecule has 0 aliphatic carbocycles. The van der Waals surface area contributed by atoms with Crippen molar-refractivity contribution in [2.24, 2.45) is 5.73 Å². The summed E-state index contributed by atoms with van der Waals surface area (Å²) >= 11 is 1.75. The van der Waals surface area contributed by atoms with Gasteiger partial charge in [0.1, 0.15) is 0 Å². The Balaban J connectivity index is 2.08. The van der Waals surface area contributed by atoms with E-state index in [0.717, 1.165) is 30.2 Å². The van der Waals surface area contributed by atoms with Gasteiger partial charge in [-0.2, -0.15) is 5.10 Å². The minimum absolute atomic E-state index is 0.0933. The first kappa shape index (κ1) is 14.9. The molecule has 4 nitrogen and oxygen atoms in total. The Bertz CT molecular complexity index is 527. The Morgan fingerprint density at radius 3 is 2.75 bits per heavy atom. The number of nitrogens with two attached hydrogens (primary N) is 1. The lowest BCUT2D eigenvalue weighted by Crippen LogP contribution is -2.19. The first-order valence-corrected chi connectivity index (χ1v) is 7.78. The summed E-state index contributed by atoms with van der Waals surface area (Å²) in [5.74, 6) is 1.58. The molecule has 1 aromatic heterocycles. The molecular weight excluding hydrogens is 270 g/mol. The largest absolute Gasteiger partial charge is 0.493 e. The molecule has 0 aliphatic heterocycles. The summed E-state index contributed by atoms with van der Waals surface area (Å²) in [4.78, 5) is 1.23. The minimum Gasteiger partial charge on any atom is -0.493 e. The molecule has 1 aromatic carbocycles. The molecule has 1 unspecified atom stereocenters. The molecule has 0 saturated heterocycles. The first-order chi connectivity index (χ1) is 9.76. The second kappa shape index (κ2) is 7.36. The molecule has 1 atom stereocenters. The highest BCUT2D eigenvalue weighted by atomic mass is 32.2. The molecule has 20 heavy (non-hydrogen) atoms. The van der Waals surface area contributed by atoms with Gasteiger partial charge in [0.2, 0.25) is 0 Å². The van der Waals surface area contributed by atoms with Gasteiger partial charge in [-0.05, 0) is 18.6 Å². The van der Waals surface area contributed by atoms with Gasteiger partial charge in [-0.25, -0.2) is 0 Å². The maximum Gasteiger partial charge on any atom is 0.161 e. The van der Waals surface area contributed by atoms with Crippen LogP contribution in [-0.2, 0) is 6.54 Å². The smallest absolute Gasteiger partial charge is 0.161 e. The summed E-state index contributed by atoms with van der Waals surface area (Å²) < 4.78 is 7.33. The average Bonchev–Trinajstić information content (AvgIpc) is 2.89. The van der Waals surface area contributed by atoms with Crippen molar-refractivity contribution in [2.45, 2.75) is 30.8 Å². The first-order valence-electron chi connectivity index (χ1n) is 6.79. The van der Waals surface area contributed by atoms with Crippen LogP contribution >= 0.6 is 11.8 Å². The summed E-state index contributed by atoms with van der Waals surface area (Å²) in [6.45, 7) is 2.99. The van der Waals surface area contributed by atoms with E-state index in [0.29, 0.717) is 0 Å². The Hall–Kier alpha value is -1.46. The molecule has 1 heterocycles. The summed E-state index contributed by atoms with van der Waals surface area (Å²) in [6, 6.07) is 10.2. The molecule has 0 amide bonds. The molecule has 0 saturated carbocycles. The molecule has 2 N–H and O–H groups in total. The average molecular weight is 291 g/mol. The normalized spacial score (nSPS) is 12.3. The predicted octanol–water partition coefficient (Wildman–Crippen LogP) is 3.09. The van der Waals surface area contributed by atoms with Gasteiger partial charge in [0.05, 0.1) is 25.0 Å². The fourth-order valence-electron chi connectivity index (χ4n) is 2.08. The summed E-state index contributed by atoms with van der Waals surface area (Å²) in [5, 5.41) is 4.36. The Morgan fingerprint density at radius 2 is 2.10 bits per heavy atom. The van der Waals surface area contributed by atoms with Crippen LogP contribution in [-0.4, -0.2) is 22.6 Å². The molecule has 5 heteroatoms. The minimum atomic E-state index is -0.0933. The van der Waals surface area contributed by atoms with Crippen LogP contribution in [0.25, 0.3) is 0 Å². The van der Waals surface area contributed by atoms with E-state index in [1.807, 2.05) is 22.9 Å². The topological polar surface area (TPSA) is 53.1 Å². The maximum atomic E-state index is 6.33. The van der Waals surface area contributed by atoms with Gasteiger partial charge < -0.3 is 10.5 Å². The highest BCUT2D eigenvalue weighted by Gasteiger charge is 2.18. The molecule has 0 bridgehead atoms. The van der Waals surface area contributed by atoms with Gasteiger partial charge in [0, 0.05) is 17.2 Å². The fraction of sp³-hybridized carbons (Fsp3) is 0.400. The van der Waals surface area contributed by atoms with Crippen molar-refractivity contribution in [3.8, 4) is 5.75 Å². The van der Waals surface area contributed by atoms with E-state index < -0.39 is 0 Å². The van der Waals surface area contributed by atoms with E-state index in [2.05, 4.69) is 24.2 Å². The fourth-order valence-corrected chi connectivity index (χ4v) is 2.96. The van der Waals surface area contributed by atoms with Gasteiger partial charge in [0.15, 0.2) is 5.75 Å². The molecule has 0 fully saturated rings. The number of hydrogen-bond donors (Lipinski definition) is 1. The molecule has 0 radical (unpaired) electrons. The number of hydrogen-bond acceptors (Lipinski definition) is 4. The van der Waals surface area contributed by atoms with E-state index in [9.17, 15) is 0 Å². The quantitative estimate of drug-likeness (QED) is 0.796. The zero-order chi connectivity index (χ0) is 14.4. The number of methoxy groups -OCH3 is 1. The number of rotatable bonds is 7. The molecule has 0 aliphatic rings. The van der Waals surface area contributed by atoms with Crippen LogP contribution < -0.4 is 10.5 Å². The summed E-state index contributed by atoms with van der Waals surface area (Å²) in [5.41, 5.74) is 7.32. The maximum absolute atomic E-state index is 6.33. The van der Waals surface area contributed by atoms with Gasteiger partial charge in [-0.15, -0.1) is 11.8 Å². The van der Waals surface area contributed by atoms with Crippen molar-refractivity contribution in [3.05, 3.63) is 42.2 Å². The third-order valence-electron chi connectivity index (χ3n) is 3.02. The lowest BCUT2D eigenvalue weighted by atomic mass is 10.2.